The molecule has 0 radical (unpaired) electrons. The average Bonchev–Trinajstić information content (AvgIpc) is 3.35. The van der Waals surface area contributed by atoms with E-state index < -0.39 is 47.4 Å². The number of carbonyl (C=O) groups excluding carboxylic acids is 2. The zero-order chi connectivity index (χ0) is 30.9. The number of nitrogens with one attached hydrogen (secondary N) is 2. The molecule has 0 fully saturated rings. The van der Waals surface area contributed by atoms with Gasteiger partial charge in [-0.2, -0.15) is 0 Å². The SMILES string of the molecule is Cc1cn(CC(=O)N(CCNC(=O)OC(C)(C)C)[C@@H](Cc2cn(COCc3ccccc3)cn2)C(=O)O)c(=O)[nH]c1=O. The maximum atomic E-state index is 13.4. The van der Waals surface area contributed by atoms with Gasteiger partial charge < -0.3 is 29.4 Å². The van der Waals surface area contributed by atoms with Crippen molar-refractivity contribution in [2.45, 2.75) is 65.6 Å². The summed E-state index contributed by atoms with van der Waals surface area (Å²) >= 11 is 0. The standard InChI is InChI=1S/C28H36N6O8/c1-19-13-33(26(39)31-24(19)36)15-23(35)34(11-10-29-27(40)42-28(2,3)4)22(25(37)38)12-21-14-32(17-30-21)18-41-16-20-8-6-5-7-9-20/h5-9,13-14,17,22H,10-12,15-16,18H2,1-4H3,(H,29,40)(H,37,38)(H,31,36,39)/t22-/m0/s1. The van der Waals surface area contributed by atoms with Crippen LogP contribution in [0.3, 0.4) is 0 Å². The molecule has 3 rings (SSSR count). The minimum Gasteiger partial charge on any atom is -0.480 e. The first kappa shape index (κ1) is 31.8. The van der Waals surface area contributed by atoms with E-state index in [9.17, 15) is 29.1 Å². The van der Waals surface area contributed by atoms with Gasteiger partial charge in [0, 0.05) is 37.5 Å². The van der Waals surface area contributed by atoms with Gasteiger partial charge in [0.15, 0.2) is 0 Å². The normalized spacial score (nSPS) is 12.0. The molecule has 1 atom stereocenters. The fourth-order valence-corrected chi connectivity index (χ4v) is 3.97. The molecule has 42 heavy (non-hydrogen) atoms. The number of alkyl carbamates (subject to hydrolysis) is 1. The first-order valence-corrected chi connectivity index (χ1v) is 13.2. The Balaban J connectivity index is 1.75. The number of carboxylic acid groups (broad SMARTS) is 1. The lowest BCUT2D eigenvalue weighted by Gasteiger charge is -2.29. The van der Waals surface area contributed by atoms with Crippen LogP contribution in [0, 0.1) is 6.92 Å². The molecule has 0 aliphatic rings. The van der Waals surface area contributed by atoms with Gasteiger partial charge in [0.05, 0.1) is 18.6 Å². The number of hydrogen-bond donors (Lipinski definition) is 3. The van der Waals surface area contributed by atoms with Gasteiger partial charge in [-0.1, -0.05) is 30.3 Å². The second-order valence-corrected chi connectivity index (χ2v) is 10.6. The molecule has 3 aromatic rings. The smallest absolute Gasteiger partial charge is 0.407 e. The molecule has 0 spiro atoms. The maximum absolute atomic E-state index is 13.4. The van der Waals surface area contributed by atoms with Gasteiger partial charge in [0.1, 0.15) is 24.9 Å². The van der Waals surface area contributed by atoms with E-state index in [2.05, 4.69) is 15.3 Å². The van der Waals surface area contributed by atoms with E-state index in [-0.39, 0.29) is 31.8 Å². The van der Waals surface area contributed by atoms with Gasteiger partial charge in [-0.05, 0) is 33.3 Å². The lowest BCUT2D eigenvalue weighted by molar-refractivity contribution is -0.150. The van der Waals surface area contributed by atoms with Crippen molar-refractivity contribution < 1.29 is 29.0 Å². The molecular weight excluding hydrogens is 548 g/mol. The molecule has 3 N–H and O–H groups in total. The van der Waals surface area contributed by atoms with Crippen LogP contribution in [-0.2, 0) is 45.4 Å². The van der Waals surface area contributed by atoms with E-state index in [0.717, 1.165) is 15.0 Å². The maximum Gasteiger partial charge on any atom is 0.407 e. The van der Waals surface area contributed by atoms with Gasteiger partial charge in [-0.15, -0.1) is 0 Å². The number of benzene rings is 1. The first-order chi connectivity index (χ1) is 19.8. The van der Waals surface area contributed by atoms with Crippen LogP contribution in [0.15, 0.2) is 58.6 Å². The highest BCUT2D eigenvalue weighted by molar-refractivity contribution is 5.84. The largest absolute Gasteiger partial charge is 0.480 e. The van der Waals surface area contributed by atoms with E-state index in [1.165, 1.54) is 19.4 Å². The van der Waals surface area contributed by atoms with Crippen molar-refractivity contribution in [1.29, 1.82) is 0 Å². The third kappa shape index (κ3) is 9.73. The predicted molar refractivity (Wildman–Crippen MR) is 151 cm³/mol. The molecule has 0 saturated heterocycles. The summed E-state index contributed by atoms with van der Waals surface area (Å²) in [4.78, 5) is 69.4. The van der Waals surface area contributed by atoms with Crippen LogP contribution in [0.25, 0.3) is 0 Å². The number of rotatable bonds is 13. The summed E-state index contributed by atoms with van der Waals surface area (Å²) in [5.41, 5.74) is -0.567. The summed E-state index contributed by atoms with van der Waals surface area (Å²) in [5.74, 6) is -2.02. The van der Waals surface area contributed by atoms with Crippen molar-refractivity contribution in [3.63, 3.8) is 0 Å². The Morgan fingerprint density at radius 2 is 1.86 bits per heavy atom. The Morgan fingerprint density at radius 3 is 2.52 bits per heavy atom. The van der Waals surface area contributed by atoms with Gasteiger partial charge in [0.2, 0.25) is 5.91 Å². The highest BCUT2D eigenvalue weighted by atomic mass is 16.6. The predicted octanol–water partition coefficient (Wildman–Crippen LogP) is 1.27. The van der Waals surface area contributed by atoms with E-state index >= 15 is 0 Å². The van der Waals surface area contributed by atoms with Crippen molar-refractivity contribution in [3.05, 3.63) is 86.7 Å². The number of carbonyl (C=O) groups is 3. The Hall–Kier alpha value is -4.72. The van der Waals surface area contributed by atoms with Gasteiger partial charge >= 0.3 is 17.8 Å². The highest BCUT2D eigenvalue weighted by Crippen LogP contribution is 2.11. The van der Waals surface area contributed by atoms with Crippen molar-refractivity contribution in [1.82, 2.24) is 29.3 Å². The summed E-state index contributed by atoms with van der Waals surface area (Å²) in [6, 6.07) is 8.21. The van der Waals surface area contributed by atoms with Gasteiger partial charge in [0.25, 0.3) is 5.56 Å². The number of ether oxygens (including phenoxy) is 2. The number of aliphatic carboxylic acids is 1. The number of nitrogens with zero attached hydrogens (tertiary/aromatic N) is 4. The second-order valence-electron chi connectivity index (χ2n) is 10.6. The number of carboxylic acids is 1. The minimum atomic E-state index is -1.38. The summed E-state index contributed by atoms with van der Waals surface area (Å²) in [5, 5.41) is 12.6. The van der Waals surface area contributed by atoms with Gasteiger partial charge in [-0.3, -0.25) is 19.1 Å². The molecule has 14 heteroatoms. The lowest BCUT2D eigenvalue weighted by atomic mass is 10.1. The third-order valence-electron chi connectivity index (χ3n) is 5.94. The Kier molecular flexibility index (Phi) is 10.8. The number of aryl methyl sites for hydroxylation is 1. The zero-order valence-electron chi connectivity index (χ0n) is 24.0. The van der Waals surface area contributed by atoms with Crippen molar-refractivity contribution in [2.75, 3.05) is 13.1 Å². The van der Waals surface area contributed by atoms with Crippen LogP contribution >= 0.6 is 0 Å². The fourth-order valence-electron chi connectivity index (χ4n) is 3.97. The van der Waals surface area contributed by atoms with Crippen LogP contribution in [0.4, 0.5) is 4.79 Å². The molecule has 226 valence electrons. The highest BCUT2D eigenvalue weighted by Gasteiger charge is 2.31. The molecule has 0 aliphatic carbocycles. The molecular formula is C28H36N6O8. The van der Waals surface area contributed by atoms with Crippen LogP contribution in [0.2, 0.25) is 0 Å². The quantitative estimate of drug-likeness (QED) is 0.267. The molecule has 2 heterocycles. The zero-order valence-corrected chi connectivity index (χ0v) is 24.0. The first-order valence-electron chi connectivity index (χ1n) is 13.2. The Bertz CT molecular complexity index is 1490. The molecule has 0 unspecified atom stereocenters. The molecule has 2 amide bonds. The van der Waals surface area contributed by atoms with Crippen molar-refractivity contribution in [2.24, 2.45) is 0 Å². The number of H-pyrrole nitrogens is 1. The molecule has 0 saturated carbocycles. The number of imidazole rings is 1. The number of hydrogen-bond acceptors (Lipinski definition) is 8. The molecule has 1 aromatic carbocycles. The number of aromatic nitrogens is 4. The number of aromatic amines is 1. The van der Waals surface area contributed by atoms with Crippen LogP contribution < -0.4 is 16.6 Å². The Labute approximate surface area is 241 Å². The van der Waals surface area contributed by atoms with Gasteiger partial charge in [-0.25, -0.2) is 19.4 Å². The van der Waals surface area contributed by atoms with E-state index in [1.54, 1.807) is 31.5 Å². The molecule has 2 aromatic heterocycles. The van der Waals surface area contributed by atoms with E-state index in [1.807, 2.05) is 30.3 Å². The molecule has 14 nitrogen and oxygen atoms in total. The average molecular weight is 585 g/mol. The molecule has 0 bridgehead atoms. The van der Waals surface area contributed by atoms with E-state index in [0.29, 0.717) is 12.3 Å². The topological polar surface area (TPSA) is 178 Å². The van der Waals surface area contributed by atoms with Crippen LogP contribution in [-0.4, -0.2) is 71.8 Å². The fraction of sp³-hybridized carbons (Fsp3) is 0.429. The summed E-state index contributed by atoms with van der Waals surface area (Å²) in [6.07, 6.45) is 3.46. The summed E-state index contributed by atoms with van der Waals surface area (Å²) < 4.78 is 13.5. The van der Waals surface area contributed by atoms with Crippen LogP contribution in [0.1, 0.15) is 37.6 Å². The Morgan fingerprint density at radius 1 is 1.14 bits per heavy atom. The summed E-state index contributed by atoms with van der Waals surface area (Å²) in [6.45, 7) is 6.25. The minimum absolute atomic E-state index is 0.119. The van der Waals surface area contributed by atoms with E-state index in [4.69, 9.17) is 9.47 Å². The number of amides is 2. The summed E-state index contributed by atoms with van der Waals surface area (Å²) in [7, 11) is 0. The second kappa shape index (κ2) is 14.3. The lowest BCUT2D eigenvalue weighted by Crippen LogP contribution is -2.51. The monoisotopic (exact) mass is 584 g/mol. The van der Waals surface area contributed by atoms with Crippen LogP contribution in [0.5, 0.6) is 0 Å². The molecule has 0 aliphatic heterocycles. The van der Waals surface area contributed by atoms with Crippen molar-refractivity contribution >= 4 is 18.0 Å². The van der Waals surface area contributed by atoms with Crippen molar-refractivity contribution in [3.8, 4) is 0 Å². The third-order valence-corrected chi connectivity index (χ3v) is 5.94.